The van der Waals surface area contributed by atoms with E-state index in [-0.39, 0.29) is 12.4 Å². The first-order chi connectivity index (χ1) is 8.18. The lowest BCUT2D eigenvalue weighted by atomic mass is 10.1. The molecule has 0 unspecified atom stereocenters. The molecule has 0 rings (SSSR count). The normalized spacial score (nSPS) is 11.3. The summed E-state index contributed by atoms with van der Waals surface area (Å²) in [6.07, 6.45) is 11.3. The van der Waals surface area contributed by atoms with E-state index in [4.69, 9.17) is 0 Å². The van der Waals surface area contributed by atoms with Crippen LogP contribution in [-0.4, -0.2) is 35.6 Å². The average molecular weight is 390 g/mol. The Hall–Kier alpha value is 0.980. The molecule has 0 N–H and O–H groups in total. The highest BCUT2D eigenvalue weighted by atomic mass is 127. The lowest BCUT2D eigenvalue weighted by Gasteiger charge is -2.34. The van der Waals surface area contributed by atoms with Crippen LogP contribution in [0, 0.1) is 0 Å². The predicted molar refractivity (Wildman–Crippen MR) is 88.0 cm³/mol. The molecule has 0 saturated heterocycles. The van der Waals surface area contributed by atoms with Gasteiger partial charge in [0.05, 0.1) is 26.7 Å². The molecule has 0 bridgehead atoms. The molecular weight excluding hydrogens is 357 g/mol. The predicted octanol–water partition coefficient (Wildman–Crippen LogP) is 2.03. The van der Waals surface area contributed by atoms with Gasteiger partial charge in [0.1, 0.15) is 0 Å². The minimum Gasteiger partial charge on any atom is -1.00 e. The Morgan fingerprint density at radius 2 is 1.17 bits per heavy atom. The fraction of sp³-hybridized carbons (Fsp3) is 1.00. The molecule has 0 amide bonds. The summed E-state index contributed by atoms with van der Waals surface area (Å²) in [5, 5.41) is 0. The minimum absolute atomic E-state index is 0. The van der Waals surface area contributed by atoms with E-state index < -0.39 is 0 Å². The summed E-state index contributed by atoms with van der Waals surface area (Å²) in [4.78, 5) is 0. The van der Waals surface area contributed by atoms with Crippen LogP contribution in [0.15, 0.2) is 0 Å². The van der Waals surface area contributed by atoms with Gasteiger partial charge in [0.25, 0.3) is 0 Å². The highest BCUT2D eigenvalue weighted by Gasteiger charge is 2.19. The number of unbranched alkanes of at least 4 members (excludes halogenated alkanes) is 6. The Morgan fingerprint density at radius 1 is 0.722 bits per heavy atom. The topological polar surface area (TPSA) is 0 Å². The average Bonchev–Trinajstić information content (AvgIpc) is 2.31. The third kappa shape index (κ3) is 12.0. The third-order valence-electron chi connectivity index (χ3n) is 3.73. The van der Waals surface area contributed by atoms with Crippen LogP contribution in [0.25, 0.3) is 0 Å². The van der Waals surface area contributed by atoms with Gasteiger partial charge in [-0.05, 0) is 25.7 Å². The Kier molecular flexibility index (Phi) is 17.0. The molecule has 0 heterocycles. The van der Waals surface area contributed by atoms with E-state index in [1.165, 1.54) is 79.9 Å². The molecule has 0 aliphatic rings. The van der Waals surface area contributed by atoms with Gasteiger partial charge in [0, 0.05) is 4.43 Å². The second kappa shape index (κ2) is 14.4. The summed E-state index contributed by atoms with van der Waals surface area (Å²) in [6.45, 7) is 8.75. The van der Waals surface area contributed by atoms with Crippen molar-refractivity contribution in [3.05, 3.63) is 0 Å². The molecule has 0 atom stereocenters. The quantitative estimate of drug-likeness (QED) is 0.207. The van der Waals surface area contributed by atoms with E-state index in [1.54, 1.807) is 0 Å². The van der Waals surface area contributed by atoms with Gasteiger partial charge in [-0.25, -0.2) is 0 Å². The van der Waals surface area contributed by atoms with E-state index in [9.17, 15) is 0 Å². The summed E-state index contributed by atoms with van der Waals surface area (Å²) in [5.74, 6) is 0. The van der Waals surface area contributed by atoms with Crippen LogP contribution in [0.3, 0.4) is 0 Å². The Balaban J connectivity index is 0. The highest BCUT2D eigenvalue weighted by molar-refractivity contribution is 14.1. The molecule has 0 spiro atoms. The monoisotopic (exact) mass is 389 g/mol. The number of rotatable bonds is 12. The molecule has 3 heteroatoms. The first kappa shape index (κ1) is 21.3. The number of halogens is 2. The van der Waals surface area contributed by atoms with Crippen molar-refractivity contribution >= 4 is 22.6 Å². The van der Waals surface area contributed by atoms with Crippen molar-refractivity contribution in [3.63, 3.8) is 0 Å². The van der Waals surface area contributed by atoms with Crippen molar-refractivity contribution in [2.24, 2.45) is 0 Å². The van der Waals surface area contributed by atoms with E-state index in [0.29, 0.717) is 0 Å². The second-order valence-corrected chi connectivity index (χ2v) is 6.68. The first-order valence-corrected chi connectivity index (χ1v) is 9.10. The lowest BCUT2D eigenvalue weighted by molar-refractivity contribution is -0.907. The van der Waals surface area contributed by atoms with Crippen molar-refractivity contribution in [2.75, 3.05) is 31.1 Å². The van der Waals surface area contributed by atoms with Gasteiger partial charge < -0.3 is 16.9 Å². The van der Waals surface area contributed by atoms with Crippen molar-refractivity contribution in [3.8, 4) is 0 Å². The van der Waals surface area contributed by atoms with Crippen LogP contribution in [0.5, 0.6) is 0 Å². The second-order valence-electron chi connectivity index (χ2n) is 5.60. The Morgan fingerprint density at radius 3 is 1.50 bits per heavy atom. The molecule has 0 aromatic rings. The summed E-state index contributed by atoms with van der Waals surface area (Å²) in [5.41, 5.74) is 0. The molecule has 0 aromatic carbocycles. The lowest BCUT2D eigenvalue weighted by Crippen LogP contribution is -3.00. The van der Waals surface area contributed by atoms with Gasteiger partial charge in [0.2, 0.25) is 0 Å². The fourth-order valence-electron chi connectivity index (χ4n) is 2.38. The van der Waals surface area contributed by atoms with Crippen LogP contribution >= 0.6 is 22.6 Å². The van der Waals surface area contributed by atoms with E-state index in [1.807, 2.05) is 0 Å². The molecular formula is C15H33ClIN. The molecule has 18 heavy (non-hydrogen) atoms. The van der Waals surface area contributed by atoms with Gasteiger partial charge in [-0.1, -0.05) is 62.1 Å². The van der Waals surface area contributed by atoms with E-state index in [2.05, 4.69) is 43.5 Å². The highest BCUT2D eigenvalue weighted by Crippen LogP contribution is 2.12. The molecule has 112 valence electrons. The van der Waals surface area contributed by atoms with E-state index >= 15 is 0 Å². The summed E-state index contributed by atoms with van der Waals surface area (Å²) >= 11 is 2.53. The van der Waals surface area contributed by atoms with E-state index in [0.717, 1.165) is 0 Å². The Labute approximate surface area is 135 Å². The SMILES string of the molecule is CCCCCC[N+](C)(CCI)CCCCCC.[Cl-]. The maximum absolute atomic E-state index is 2.53. The molecule has 0 aliphatic heterocycles. The number of alkyl halides is 1. The van der Waals surface area contributed by atoms with Crippen LogP contribution in [0.4, 0.5) is 0 Å². The van der Waals surface area contributed by atoms with Gasteiger partial charge in [0.15, 0.2) is 0 Å². The molecule has 0 fully saturated rings. The van der Waals surface area contributed by atoms with Crippen LogP contribution < -0.4 is 12.4 Å². The van der Waals surface area contributed by atoms with Gasteiger partial charge in [-0.3, -0.25) is 0 Å². The number of nitrogens with zero attached hydrogens (tertiary/aromatic N) is 1. The molecule has 0 saturated carbocycles. The van der Waals surface area contributed by atoms with Crippen LogP contribution in [0.2, 0.25) is 0 Å². The zero-order chi connectivity index (χ0) is 13.0. The maximum Gasteiger partial charge on any atom is 0.0875 e. The molecule has 0 aromatic heterocycles. The van der Waals surface area contributed by atoms with Gasteiger partial charge in [-0.15, -0.1) is 0 Å². The van der Waals surface area contributed by atoms with Crippen molar-refractivity contribution in [2.45, 2.75) is 65.2 Å². The van der Waals surface area contributed by atoms with Gasteiger partial charge in [-0.2, -0.15) is 0 Å². The Bertz CT molecular complexity index is 153. The number of hydrogen-bond donors (Lipinski definition) is 0. The fourth-order valence-corrected chi connectivity index (χ4v) is 3.54. The third-order valence-corrected chi connectivity index (χ3v) is 4.21. The first-order valence-electron chi connectivity index (χ1n) is 7.58. The molecule has 1 nitrogen and oxygen atoms in total. The number of quaternary nitrogens is 1. The summed E-state index contributed by atoms with van der Waals surface area (Å²) in [6, 6.07) is 0. The number of hydrogen-bond acceptors (Lipinski definition) is 0. The molecule has 0 aliphatic carbocycles. The van der Waals surface area contributed by atoms with Crippen molar-refractivity contribution in [1.82, 2.24) is 0 Å². The smallest absolute Gasteiger partial charge is 0.0875 e. The zero-order valence-corrected chi connectivity index (χ0v) is 15.6. The zero-order valence-electron chi connectivity index (χ0n) is 12.7. The minimum atomic E-state index is 0. The van der Waals surface area contributed by atoms with Crippen molar-refractivity contribution < 1.29 is 16.9 Å². The standard InChI is InChI=1S/C15H33IN.ClH/c1-4-6-8-10-13-17(3,15-12-16)14-11-9-7-5-2;/h4-15H2,1-3H3;1H/q+1;/p-1. The van der Waals surface area contributed by atoms with Gasteiger partial charge >= 0.3 is 0 Å². The van der Waals surface area contributed by atoms with Crippen molar-refractivity contribution in [1.29, 1.82) is 0 Å². The summed E-state index contributed by atoms with van der Waals surface area (Å²) in [7, 11) is 2.47. The maximum atomic E-state index is 2.53. The van der Waals surface area contributed by atoms with Crippen LogP contribution in [-0.2, 0) is 0 Å². The molecule has 0 radical (unpaired) electrons. The largest absolute Gasteiger partial charge is 1.00 e. The summed E-state index contributed by atoms with van der Waals surface area (Å²) < 4.78 is 2.62. The van der Waals surface area contributed by atoms with Crippen LogP contribution in [0.1, 0.15) is 65.2 Å².